The maximum atomic E-state index is 12.2. The van der Waals surface area contributed by atoms with Crippen LogP contribution in [0.4, 0.5) is 0 Å². The van der Waals surface area contributed by atoms with E-state index in [4.69, 9.17) is 10.8 Å². The smallest absolute Gasteiger partial charge is 0.323 e. The van der Waals surface area contributed by atoms with Crippen molar-refractivity contribution in [2.24, 2.45) is 11.7 Å². The van der Waals surface area contributed by atoms with Crippen molar-refractivity contribution in [1.82, 2.24) is 9.80 Å². The van der Waals surface area contributed by atoms with E-state index in [1.54, 1.807) is 0 Å². The molecule has 0 bridgehead atoms. The number of carboxylic acids is 1. The van der Waals surface area contributed by atoms with E-state index < -0.39 is 5.97 Å². The predicted molar refractivity (Wildman–Crippen MR) is 72.7 cm³/mol. The van der Waals surface area contributed by atoms with E-state index in [0.717, 1.165) is 25.9 Å². The van der Waals surface area contributed by atoms with Crippen molar-refractivity contribution in [2.75, 3.05) is 32.7 Å². The number of nitrogens with zero attached hydrogens (tertiary/aromatic N) is 2. The highest BCUT2D eigenvalue weighted by Gasteiger charge is 2.23. The molecule has 1 amide bonds. The number of carbonyl (C=O) groups excluding carboxylic acids is 1. The Morgan fingerprint density at radius 1 is 1.37 bits per heavy atom. The normalized spacial score (nSPS) is 17.7. The Balaban J connectivity index is 2.48. The van der Waals surface area contributed by atoms with Gasteiger partial charge < -0.3 is 15.7 Å². The molecule has 0 saturated carbocycles. The number of likely N-dealkylation sites (tertiary alicyclic amines) is 1. The minimum atomic E-state index is -0.963. The average Bonchev–Trinajstić information content (AvgIpc) is 2.30. The molecule has 0 spiro atoms. The summed E-state index contributed by atoms with van der Waals surface area (Å²) in [6, 6.07) is 0.233. The maximum Gasteiger partial charge on any atom is 0.323 e. The van der Waals surface area contributed by atoms with Crippen LogP contribution in [0, 0.1) is 5.92 Å². The number of nitrogens with two attached hydrogens (primary N) is 1. The predicted octanol–water partition coefficient (Wildman–Crippen LogP) is -0.0213. The molecule has 1 aliphatic rings. The zero-order valence-corrected chi connectivity index (χ0v) is 11.8. The largest absolute Gasteiger partial charge is 0.480 e. The van der Waals surface area contributed by atoms with Gasteiger partial charge in [-0.2, -0.15) is 0 Å². The van der Waals surface area contributed by atoms with E-state index in [1.165, 1.54) is 4.90 Å². The fourth-order valence-corrected chi connectivity index (χ4v) is 2.26. The summed E-state index contributed by atoms with van der Waals surface area (Å²) in [5.41, 5.74) is 5.82. The molecular weight excluding hydrogens is 246 g/mol. The van der Waals surface area contributed by atoms with Gasteiger partial charge in [0.2, 0.25) is 5.91 Å². The fraction of sp³-hybridized carbons (Fsp3) is 0.846. The average molecular weight is 271 g/mol. The van der Waals surface area contributed by atoms with Crippen molar-refractivity contribution in [1.29, 1.82) is 0 Å². The second-order valence-corrected chi connectivity index (χ2v) is 5.68. The molecule has 110 valence electrons. The van der Waals surface area contributed by atoms with E-state index in [1.807, 2.05) is 13.8 Å². The van der Waals surface area contributed by atoms with Gasteiger partial charge in [0.1, 0.15) is 6.54 Å². The molecule has 6 heteroatoms. The van der Waals surface area contributed by atoms with Crippen LogP contribution in [0.2, 0.25) is 0 Å². The number of carboxylic acid groups (broad SMARTS) is 1. The maximum absolute atomic E-state index is 12.2. The summed E-state index contributed by atoms with van der Waals surface area (Å²) in [7, 11) is 0. The standard InChI is InChI=1S/C13H25N3O3/c1-10(2)7-16(9-13(18)19)12(17)8-15-5-3-11(14)4-6-15/h10-11H,3-9,14H2,1-2H3,(H,18,19). The molecule has 6 nitrogen and oxygen atoms in total. The van der Waals surface area contributed by atoms with Gasteiger partial charge in [0.15, 0.2) is 0 Å². The number of rotatable bonds is 6. The molecule has 19 heavy (non-hydrogen) atoms. The third-order valence-electron chi connectivity index (χ3n) is 3.26. The molecular formula is C13H25N3O3. The van der Waals surface area contributed by atoms with Crippen molar-refractivity contribution < 1.29 is 14.7 Å². The van der Waals surface area contributed by atoms with Crippen LogP contribution in [0.5, 0.6) is 0 Å². The second kappa shape index (κ2) is 7.45. The molecule has 1 aliphatic heterocycles. The minimum absolute atomic E-state index is 0.105. The van der Waals surface area contributed by atoms with E-state index in [-0.39, 0.29) is 24.4 Å². The summed E-state index contributed by atoms with van der Waals surface area (Å²) in [5, 5.41) is 8.86. The SMILES string of the molecule is CC(C)CN(CC(=O)O)C(=O)CN1CCC(N)CC1. The van der Waals surface area contributed by atoms with Crippen LogP contribution >= 0.6 is 0 Å². The summed E-state index contributed by atoms with van der Waals surface area (Å²) in [4.78, 5) is 26.4. The molecule has 0 aromatic carbocycles. The summed E-state index contributed by atoms with van der Waals surface area (Å²) in [6.45, 7) is 6.14. The Morgan fingerprint density at radius 2 is 1.95 bits per heavy atom. The summed E-state index contributed by atoms with van der Waals surface area (Å²) >= 11 is 0. The van der Waals surface area contributed by atoms with Crippen LogP contribution in [0.3, 0.4) is 0 Å². The molecule has 1 fully saturated rings. The number of aliphatic carboxylic acids is 1. The Morgan fingerprint density at radius 3 is 2.42 bits per heavy atom. The number of carbonyl (C=O) groups is 2. The van der Waals surface area contributed by atoms with Gasteiger partial charge in [-0.15, -0.1) is 0 Å². The van der Waals surface area contributed by atoms with Crippen molar-refractivity contribution in [3.63, 3.8) is 0 Å². The molecule has 1 rings (SSSR count). The first-order chi connectivity index (χ1) is 8.88. The van der Waals surface area contributed by atoms with Crippen LogP contribution in [0.25, 0.3) is 0 Å². The zero-order chi connectivity index (χ0) is 14.4. The Labute approximate surface area is 114 Å². The van der Waals surface area contributed by atoms with Crippen molar-refractivity contribution in [2.45, 2.75) is 32.7 Å². The number of amides is 1. The van der Waals surface area contributed by atoms with E-state index in [9.17, 15) is 9.59 Å². The number of hydrogen-bond donors (Lipinski definition) is 2. The highest BCUT2D eigenvalue weighted by atomic mass is 16.4. The minimum Gasteiger partial charge on any atom is -0.480 e. The summed E-state index contributed by atoms with van der Waals surface area (Å²) < 4.78 is 0. The van der Waals surface area contributed by atoms with Crippen LogP contribution in [0.1, 0.15) is 26.7 Å². The van der Waals surface area contributed by atoms with E-state index in [2.05, 4.69) is 4.90 Å². The molecule has 0 aromatic rings. The van der Waals surface area contributed by atoms with Gasteiger partial charge in [0.05, 0.1) is 6.54 Å². The van der Waals surface area contributed by atoms with E-state index >= 15 is 0 Å². The van der Waals surface area contributed by atoms with Gasteiger partial charge in [-0.25, -0.2) is 0 Å². The molecule has 1 heterocycles. The quantitative estimate of drug-likeness (QED) is 0.709. The van der Waals surface area contributed by atoms with Gasteiger partial charge in [0.25, 0.3) is 0 Å². The van der Waals surface area contributed by atoms with Crippen LogP contribution in [-0.2, 0) is 9.59 Å². The Bertz CT molecular complexity index is 312. The molecule has 0 aliphatic carbocycles. The number of hydrogen-bond acceptors (Lipinski definition) is 4. The molecule has 0 aromatic heterocycles. The summed E-state index contributed by atoms with van der Waals surface area (Å²) in [6.07, 6.45) is 1.80. The van der Waals surface area contributed by atoms with Gasteiger partial charge in [-0.3, -0.25) is 14.5 Å². The lowest BCUT2D eigenvalue weighted by Crippen LogP contribution is -2.47. The van der Waals surface area contributed by atoms with Crippen molar-refractivity contribution >= 4 is 11.9 Å². The highest BCUT2D eigenvalue weighted by molar-refractivity contribution is 5.82. The molecule has 0 unspecified atom stereocenters. The molecule has 3 N–H and O–H groups in total. The lowest BCUT2D eigenvalue weighted by atomic mass is 10.1. The van der Waals surface area contributed by atoms with E-state index in [0.29, 0.717) is 13.1 Å². The monoisotopic (exact) mass is 271 g/mol. The lowest BCUT2D eigenvalue weighted by Gasteiger charge is -2.31. The zero-order valence-electron chi connectivity index (χ0n) is 11.8. The topological polar surface area (TPSA) is 86.9 Å². The third kappa shape index (κ3) is 6.02. The van der Waals surface area contributed by atoms with Gasteiger partial charge in [-0.1, -0.05) is 13.8 Å². The first kappa shape index (κ1) is 15.9. The fourth-order valence-electron chi connectivity index (χ4n) is 2.26. The second-order valence-electron chi connectivity index (χ2n) is 5.68. The van der Waals surface area contributed by atoms with Crippen LogP contribution in [-0.4, -0.2) is 65.5 Å². The highest BCUT2D eigenvalue weighted by Crippen LogP contribution is 2.09. The Kier molecular flexibility index (Phi) is 6.24. The summed E-state index contributed by atoms with van der Waals surface area (Å²) in [5.74, 6) is -0.806. The van der Waals surface area contributed by atoms with Crippen LogP contribution < -0.4 is 5.73 Å². The molecule has 0 radical (unpaired) electrons. The molecule has 0 atom stereocenters. The van der Waals surface area contributed by atoms with Crippen molar-refractivity contribution in [3.05, 3.63) is 0 Å². The number of piperidine rings is 1. The first-order valence-corrected chi connectivity index (χ1v) is 6.86. The van der Waals surface area contributed by atoms with Gasteiger partial charge in [-0.05, 0) is 18.8 Å². The molecule has 1 saturated heterocycles. The first-order valence-electron chi connectivity index (χ1n) is 6.86. The van der Waals surface area contributed by atoms with Crippen molar-refractivity contribution in [3.8, 4) is 0 Å². The lowest BCUT2D eigenvalue weighted by molar-refractivity contribution is -0.145. The third-order valence-corrected chi connectivity index (χ3v) is 3.26. The Hall–Kier alpha value is -1.14. The van der Waals surface area contributed by atoms with Gasteiger partial charge in [0, 0.05) is 25.7 Å². The van der Waals surface area contributed by atoms with Gasteiger partial charge >= 0.3 is 5.97 Å². The van der Waals surface area contributed by atoms with Crippen LogP contribution in [0.15, 0.2) is 0 Å².